The van der Waals surface area contributed by atoms with E-state index in [-0.39, 0.29) is 23.9 Å². The fourth-order valence-corrected chi connectivity index (χ4v) is 5.95. The second-order valence-corrected chi connectivity index (χ2v) is 12.1. The van der Waals surface area contributed by atoms with Gasteiger partial charge in [-0.1, -0.05) is 48.5 Å². The summed E-state index contributed by atoms with van der Waals surface area (Å²) in [7, 11) is 0. The van der Waals surface area contributed by atoms with E-state index in [0.29, 0.717) is 33.9 Å². The van der Waals surface area contributed by atoms with E-state index in [2.05, 4.69) is 20.9 Å². The molecule has 0 bridgehead atoms. The minimum absolute atomic E-state index is 0.0378. The zero-order valence-corrected chi connectivity index (χ0v) is 26.6. The second kappa shape index (κ2) is 15.1. The van der Waals surface area contributed by atoms with Crippen LogP contribution in [0, 0.1) is 5.82 Å². The van der Waals surface area contributed by atoms with Gasteiger partial charge >= 0.3 is 0 Å². The molecule has 49 heavy (non-hydrogen) atoms. The lowest BCUT2D eigenvalue weighted by atomic mass is 10.1. The fourth-order valence-electron chi connectivity index (χ4n) is 4.89. The predicted molar refractivity (Wildman–Crippen MR) is 187 cm³/mol. The quantitative estimate of drug-likeness (QED) is 0.0885. The molecule has 0 aromatic heterocycles. The third-order valence-corrected chi connectivity index (χ3v) is 8.55. The van der Waals surface area contributed by atoms with E-state index in [1.54, 1.807) is 78.9 Å². The van der Waals surface area contributed by atoms with Crippen molar-refractivity contribution in [3.05, 3.63) is 156 Å². The summed E-state index contributed by atoms with van der Waals surface area (Å²) in [6.07, 6.45) is 1.49. The van der Waals surface area contributed by atoms with Crippen LogP contribution < -0.4 is 15.5 Å². The van der Waals surface area contributed by atoms with Gasteiger partial charge in [0.1, 0.15) is 11.5 Å². The molecule has 0 aliphatic carbocycles. The first kappa shape index (κ1) is 32.7. The first-order valence-electron chi connectivity index (χ1n) is 15.2. The molecule has 1 atom stereocenters. The molecule has 0 spiro atoms. The van der Waals surface area contributed by atoms with Crippen LogP contribution >= 0.6 is 11.8 Å². The lowest BCUT2D eigenvalue weighted by molar-refractivity contribution is -0.121. The van der Waals surface area contributed by atoms with Crippen molar-refractivity contribution in [2.45, 2.75) is 16.6 Å². The van der Waals surface area contributed by atoms with Gasteiger partial charge in [-0.25, -0.2) is 9.29 Å². The fraction of sp³-hybridized carbons (Fsp3) is 0.0526. The highest BCUT2D eigenvalue weighted by atomic mass is 32.2. The van der Waals surface area contributed by atoms with Crippen LogP contribution in [0.5, 0.6) is 0 Å². The molecule has 1 aliphatic rings. The van der Waals surface area contributed by atoms with Gasteiger partial charge < -0.3 is 10.6 Å². The summed E-state index contributed by atoms with van der Waals surface area (Å²) >= 11 is 1.26. The third kappa shape index (κ3) is 8.40. The Morgan fingerprint density at radius 2 is 1.37 bits per heavy atom. The van der Waals surface area contributed by atoms with Crippen LogP contribution in [-0.4, -0.2) is 28.9 Å². The number of benzene rings is 5. The summed E-state index contributed by atoms with van der Waals surface area (Å²) in [5, 5.41) is 13.2. The van der Waals surface area contributed by atoms with E-state index >= 15 is 0 Å². The normalized spacial score (nSPS) is 14.7. The maximum absolute atomic E-state index is 13.5. The standard InChI is InChI=1S/C38H28FN5O4S/c39-27-13-11-25(12-14-27)23-33(41-36(46)26-7-3-1-4-8-26)37(47)40-28-17-21-32(22-18-28)49-34-24-35(45)44(38(34)48)31-19-15-30(16-20-31)43-42-29-9-5-2-6-10-29/h1-23,34H,24H2,(H,40,47)(H,41,46)/b33-23-,43-42?. The topological polar surface area (TPSA) is 120 Å². The number of amides is 4. The van der Waals surface area contributed by atoms with Gasteiger partial charge in [0.2, 0.25) is 11.8 Å². The number of carbonyl (C=O) groups is 4. The molecule has 1 heterocycles. The van der Waals surface area contributed by atoms with Gasteiger partial charge in [0.15, 0.2) is 0 Å². The monoisotopic (exact) mass is 669 g/mol. The van der Waals surface area contributed by atoms with Crippen LogP contribution in [0.15, 0.2) is 154 Å². The molecule has 9 nitrogen and oxygen atoms in total. The van der Waals surface area contributed by atoms with Gasteiger partial charge in [-0.3, -0.25) is 19.2 Å². The van der Waals surface area contributed by atoms with Crippen molar-refractivity contribution in [3.63, 3.8) is 0 Å². The first-order chi connectivity index (χ1) is 23.8. The van der Waals surface area contributed by atoms with Crippen molar-refractivity contribution < 1.29 is 23.6 Å². The van der Waals surface area contributed by atoms with E-state index in [4.69, 9.17) is 0 Å². The Morgan fingerprint density at radius 1 is 0.755 bits per heavy atom. The van der Waals surface area contributed by atoms with E-state index in [1.807, 2.05) is 30.3 Å². The minimum Gasteiger partial charge on any atom is -0.321 e. The number of halogens is 1. The number of anilines is 2. The first-order valence-corrected chi connectivity index (χ1v) is 16.1. The molecule has 6 rings (SSSR count). The zero-order chi connectivity index (χ0) is 34.2. The molecular weight excluding hydrogens is 642 g/mol. The van der Waals surface area contributed by atoms with Crippen LogP contribution in [0.3, 0.4) is 0 Å². The van der Waals surface area contributed by atoms with Crippen LogP contribution in [-0.2, 0) is 14.4 Å². The van der Waals surface area contributed by atoms with Gasteiger partial charge in [0.25, 0.3) is 11.8 Å². The van der Waals surface area contributed by atoms with Crippen molar-refractivity contribution in [2.75, 3.05) is 10.2 Å². The number of thioether (sulfide) groups is 1. The molecule has 11 heteroatoms. The number of hydrogen-bond donors (Lipinski definition) is 2. The van der Waals surface area contributed by atoms with Gasteiger partial charge in [-0.05, 0) is 96.6 Å². The maximum atomic E-state index is 13.5. The summed E-state index contributed by atoms with van der Waals surface area (Å²) < 4.78 is 13.5. The predicted octanol–water partition coefficient (Wildman–Crippen LogP) is 8.07. The molecular formula is C38H28FN5O4S. The summed E-state index contributed by atoms with van der Waals surface area (Å²) in [6, 6.07) is 36.8. The van der Waals surface area contributed by atoms with Crippen LogP contribution in [0.25, 0.3) is 6.08 Å². The van der Waals surface area contributed by atoms with E-state index in [9.17, 15) is 23.6 Å². The molecule has 0 saturated carbocycles. The van der Waals surface area contributed by atoms with Crippen molar-refractivity contribution in [2.24, 2.45) is 10.2 Å². The average molecular weight is 670 g/mol. The molecule has 5 aromatic carbocycles. The smallest absolute Gasteiger partial charge is 0.272 e. The molecule has 0 radical (unpaired) electrons. The Labute approximate surface area is 285 Å². The summed E-state index contributed by atoms with van der Waals surface area (Å²) in [4.78, 5) is 54.3. The van der Waals surface area contributed by atoms with Crippen molar-refractivity contribution in [3.8, 4) is 0 Å². The number of hydrogen-bond acceptors (Lipinski definition) is 7. The Morgan fingerprint density at radius 3 is 2.02 bits per heavy atom. The van der Waals surface area contributed by atoms with E-state index < -0.39 is 22.9 Å². The summed E-state index contributed by atoms with van der Waals surface area (Å²) in [5.41, 5.74) is 3.03. The Hall–Kier alpha value is -6.20. The van der Waals surface area contributed by atoms with Gasteiger partial charge in [0, 0.05) is 22.6 Å². The Kier molecular flexibility index (Phi) is 10.1. The molecule has 1 unspecified atom stereocenters. The molecule has 2 N–H and O–H groups in total. The largest absolute Gasteiger partial charge is 0.321 e. The number of carbonyl (C=O) groups excluding carboxylic acids is 4. The highest BCUT2D eigenvalue weighted by molar-refractivity contribution is 8.00. The SMILES string of the molecule is O=C(Nc1ccc(SC2CC(=O)N(c3ccc(N=Nc4ccccc4)cc3)C2=O)cc1)/C(=C/c1ccc(F)cc1)NC(=O)c1ccccc1. The summed E-state index contributed by atoms with van der Waals surface area (Å²) in [6.45, 7) is 0. The second-order valence-electron chi connectivity index (χ2n) is 10.8. The molecule has 1 saturated heterocycles. The number of rotatable bonds is 10. The molecule has 4 amide bonds. The average Bonchev–Trinajstić information content (AvgIpc) is 3.41. The maximum Gasteiger partial charge on any atom is 0.272 e. The molecule has 1 aliphatic heterocycles. The van der Waals surface area contributed by atoms with Gasteiger partial charge in [-0.15, -0.1) is 11.8 Å². The van der Waals surface area contributed by atoms with Crippen LogP contribution in [0.1, 0.15) is 22.3 Å². The van der Waals surface area contributed by atoms with Crippen LogP contribution in [0.4, 0.5) is 27.1 Å². The highest BCUT2D eigenvalue weighted by Gasteiger charge is 2.40. The van der Waals surface area contributed by atoms with Gasteiger partial charge in [-0.2, -0.15) is 10.2 Å². The summed E-state index contributed by atoms with van der Waals surface area (Å²) in [5.74, 6) is -2.12. The number of nitrogens with zero attached hydrogens (tertiary/aromatic N) is 3. The number of nitrogens with one attached hydrogen (secondary N) is 2. The number of azo groups is 1. The zero-order valence-electron chi connectivity index (χ0n) is 25.8. The number of imide groups is 1. The van der Waals surface area contributed by atoms with E-state index in [1.165, 1.54) is 47.0 Å². The van der Waals surface area contributed by atoms with Crippen molar-refractivity contribution >= 4 is 64.2 Å². The third-order valence-electron chi connectivity index (χ3n) is 7.35. The van der Waals surface area contributed by atoms with E-state index in [0.717, 1.165) is 4.90 Å². The molecule has 5 aromatic rings. The lowest BCUT2D eigenvalue weighted by Crippen LogP contribution is -2.31. The van der Waals surface area contributed by atoms with Crippen LogP contribution in [0.2, 0.25) is 0 Å². The minimum atomic E-state index is -0.621. The Bertz CT molecular complexity index is 2040. The van der Waals surface area contributed by atoms with Crippen molar-refractivity contribution in [1.82, 2.24) is 5.32 Å². The highest BCUT2D eigenvalue weighted by Crippen LogP contribution is 2.35. The molecule has 1 fully saturated rings. The van der Waals surface area contributed by atoms with Gasteiger partial charge in [0.05, 0.1) is 22.3 Å². The Balaban J connectivity index is 1.09. The van der Waals surface area contributed by atoms with Crippen molar-refractivity contribution in [1.29, 1.82) is 0 Å². The molecule has 242 valence electrons. The lowest BCUT2D eigenvalue weighted by Gasteiger charge is -2.15.